The van der Waals surface area contributed by atoms with Gasteiger partial charge in [0, 0.05) is 23.6 Å². The number of hydrogen-bond acceptors (Lipinski definition) is 7. The number of nitrogens with zero attached hydrogens (tertiary/aromatic N) is 1. The standard InChI is InChI=1S/C31H27NO7/c1-18-8-7-11-23-22(18)12-13-24-27(23)29(35)28(34)26-19(2)25(39-30(24)26)16-32(14-15-37-20(3)33)31(36)38-17-21-9-5-4-6-10-21/h4-13H,14-17H2,1-3H3. The van der Waals surface area contributed by atoms with Crippen molar-refractivity contribution < 1.29 is 33.1 Å². The van der Waals surface area contributed by atoms with Gasteiger partial charge in [-0.15, -0.1) is 0 Å². The molecule has 0 bridgehead atoms. The Kier molecular flexibility index (Phi) is 7.02. The highest BCUT2D eigenvalue weighted by Gasteiger charge is 2.38. The van der Waals surface area contributed by atoms with Crippen LogP contribution in [0.5, 0.6) is 0 Å². The zero-order chi connectivity index (χ0) is 27.7. The molecular weight excluding hydrogens is 498 g/mol. The van der Waals surface area contributed by atoms with Gasteiger partial charge in [-0.2, -0.15) is 0 Å². The van der Waals surface area contributed by atoms with Gasteiger partial charge in [-0.1, -0.05) is 54.6 Å². The van der Waals surface area contributed by atoms with Crippen LogP contribution in [-0.2, 0) is 27.4 Å². The first-order valence-corrected chi connectivity index (χ1v) is 12.6. The van der Waals surface area contributed by atoms with E-state index in [1.165, 1.54) is 11.8 Å². The second-order valence-electron chi connectivity index (χ2n) is 9.47. The van der Waals surface area contributed by atoms with Crippen molar-refractivity contribution >= 4 is 34.4 Å². The second kappa shape index (κ2) is 10.6. The summed E-state index contributed by atoms with van der Waals surface area (Å²) in [5, 5.41) is 1.58. The van der Waals surface area contributed by atoms with Crippen molar-refractivity contribution in [2.24, 2.45) is 0 Å². The van der Waals surface area contributed by atoms with Crippen molar-refractivity contribution in [1.82, 2.24) is 4.90 Å². The first-order valence-electron chi connectivity index (χ1n) is 12.6. The number of carbonyl (C=O) groups is 4. The van der Waals surface area contributed by atoms with Gasteiger partial charge < -0.3 is 13.9 Å². The summed E-state index contributed by atoms with van der Waals surface area (Å²) in [6.07, 6.45) is -0.635. The van der Waals surface area contributed by atoms with Crippen molar-refractivity contribution in [2.45, 2.75) is 33.9 Å². The largest absolute Gasteiger partial charge is 0.464 e. The Balaban J connectivity index is 1.48. The van der Waals surface area contributed by atoms with Crippen LogP contribution in [0.2, 0.25) is 0 Å². The van der Waals surface area contributed by atoms with Crippen molar-refractivity contribution in [1.29, 1.82) is 0 Å². The molecule has 0 aliphatic heterocycles. The molecule has 0 N–H and O–H groups in total. The average molecular weight is 526 g/mol. The van der Waals surface area contributed by atoms with Crippen molar-refractivity contribution in [3.05, 3.63) is 94.2 Å². The minimum atomic E-state index is -0.642. The first kappa shape index (κ1) is 25.9. The summed E-state index contributed by atoms with van der Waals surface area (Å²) >= 11 is 0. The van der Waals surface area contributed by atoms with Crippen LogP contribution in [0, 0.1) is 13.8 Å². The number of ketones is 2. The Bertz CT molecular complexity index is 1620. The lowest BCUT2D eigenvalue weighted by Crippen LogP contribution is -2.34. The smallest absolute Gasteiger partial charge is 0.410 e. The van der Waals surface area contributed by atoms with E-state index in [-0.39, 0.29) is 31.9 Å². The Hall–Kier alpha value is -4.72. The minimum absolute atomic E-state index is 0.0408. The van der Waals surface area contributed by atoms with Gasteiger partial charge in [-0.25, -0.2) is 4.79 Å². The average Bonchev–Trinajstić information content (AvgIpc) is 3.25. The fourth-order valence-corrected chi connectivity index (χ4v) is 4.87. The molecule has 39 heavy (non-hydrogen) atoms. The van der Waals surface area contributed by atoms with Gasteiger partial charge in [0.25, 0.3) is 0 Å². The van der Waals surface area contributed by atoms with Crippen LogP contribution >= 0.6 is 0 Å². The summed E-state index contributed by atoms with van der Waals surface area (Å²) in [5.74, 6) is -1.04. The third-order valence-electron chi connectivity index (χ3n) is 6.89. The topological polar surface area (TPSA) is 103 Å². The molecule has 1 aliphatic carbocycles. The van der Waals surface area contributed by atoms with E-state index >= 15 is 0 Å². The molecule has 1 aromatic heterocycles. The van der Waals surface area contributed by atoms with Gasteiger partial charge in [0.2, 0.25) is 11.6 Å². The van der Waals surface area contributed by atoms with E-state index in [1.54, 1.807) is 13.0 Å². The number of rotatable bonds is 7. The number of Topliss-reactive ketones (excluding diaryl/α,β-unsaturated/α-hetero) is 2. The summed E-state index contributed by atoms with van der Waals surface area (Å²) < 4.78 is 16.7. The summed E-state index contributed by atoms with van der Waals surface area (Å²) in [6.45, 7) is 4.95. The van der Waals surface area contributed by atoms with Gasteiger partial charge in [-0.05, 0) is 41.8 Å². The van der Waals surface area contributed by atoms with Crippen LogP contribution in [-0.4, -0.2) is 41.7 Å². The highest BCUT2D eigenvalue weighted by molar-refractivity contribution is 6.54. The molecule has 5 rings (SSSR count). The Morgan fingerprint density at radius 3 is 2.33 bits per heavy atom. The fraction of sp³-hybridized carbons (Fsp3) is 0.226. The molecule has 1 amide bonds. The zero-order valence-electron chi connectivity index (χ0n) is 21.9. The van der Waals surface area contributed by atoms with E-state index in [0.29, 0.717) is 33.6 Å². The molecule has 0 unspecified atom stereocenters. The maximum atomic E-state index is 13.3. The zero-order valence-corrected chi connectivity index (χ0v) is 21.9. The molecule has 1 aliphatic rings. The summed E-state index contributed by atoms with van der Waals surface area (Å²) in [5.41, 5.74) is 3.36. The molecule has 1 heterocycles. The van der Waals surface area contributed by atoms with Gasteiger partial charge in [0.1, 0.15) is 24.7 Å². The lowest BCUT2D eigenvalue weighted by Gasteiger charge is -2.21. The molecule has 0 spiro atoms. The molecule has 8 nitrogen and oxygen atoms in total. The Morgan fingerprint density at radius 2 is 1.59 bits per heavy atom. The maximum Gasteiger partial charge on any atom is 0.410 e. The van der Waals surface area contributed by atoms with Crippen molar-refractivity contribution in [2.75, 3.05) is 13.2 Å². The molecule has 0 fully saturated rings. The predicted molar refractivity (Wildman–Crippen MR) is 143 cm³/mol. The number of ether oxygens (including phenoxy) is 2. The molecular formula is C31H27NO7. The molecule has 0 radical (unpaired) electrons. The van der Waals surface area contributed by atoms with E-state index in [1.807, 2.05) is 61.5 Å². The van der Waals surface area contributed by atoms with Crippen LogP contribution in [0.15, 0.2) is 65.1 Å². The minimum Gasteiger partial charge on any atom is -0.464 e. The van der Waals surface area contributed by atoms with E-state index in [2.05, 4.69) is 0 Å². The molecule has 0 atom stereocenters. The number of aryl methyl sites for hydroxylation is 1. The number of esters is 1. The Morgan fingerprint density at radius 1 is 0.846 bits per heavy atom. The summed E-state index contributed by atoms with van der Waals surface area (Å²) in [6, 6.07) is 18.6. The third kappa shape index (κ3) is 4.93. The van der Waals surface area contributed by atoms with Crippen LogP contribution in [0.1, 0.15) is 50.1 Å². The highest BCUT2D eigenvalue weighted by Crippen LogP contribution is 2.41. The SMILES string of the molecule is CC(=O)OCCN(Cc1oc2c(c1C)C(=O)C(=O)c1c-2ccc2c(C)cccc12)C(=O)OCc1ccccc1. The van der Waals surface area contributed by atoms with Gasteiger partial charge in [0.15, 0.2) is 0 Å². The van der Waals surface area contributed by atoms with Gasteiger partial charge in [0.05, 0.1) is 18.7 Å². The van der Waals surface area contributed by atoms with Gasteiger partial charge >= 0.3 is 12.1 Å². The lowest BCUT2D eigenvalue weighted by molar-refractivity contribution is -0.141. The Labute approximate surface area is 225 Å². The normalized spacial score (nSPS) is 12.2. The van der Waals surface area contributed by atoms with Crippen molar-refractivity contribution in [3.8, 4) is 11.3 Å². The molecule has 0 saturated carbocycles. The number of carbonyl (C=O) groups excluding carboxylic acids is 4. The lowest BCUT2D eigenvalue weighted by atomic mass is 9.83. The van der Waals surface area contributed by atoms with E-state index in [4.69, 9.17) is 13.9 Å². The summed E-state index contributed by atoms with van der Waals surface area (Å²) in [4.78, 5) is 52.3. The van der Waals surface area contributed by atoms with Crippen LogP contribution in [0.4, 0.5) is 4.79 Å². The monoisotopic (exact) mass is 525 g/mol. The molecule has 4 aromatic rings. The number of fused-ring (bicyclic) bond motifs is 5. The number of amides is 1. The van der Waals surface area contributed by atoms with Crippen molar-refractivity contribution in [3.63, 3.8) is 0 Å². The number of furan rings is 1. The molecule has 0 saturated heterocycles. The first-order chi connectivity index (χ1) is 18.8. The molecule has 8 heteroatoms. The van der Waals surface area contributed by atoms with Crippen LogP contribution in [0.3, 0.4) is 0 Å². The number of hydrogen-bond donors (Lipinski definition) is 0. The van der Waals surface area contributed by atoms with E-state index in [9.17, 15) is 19.2 Å². The quantitative estimate of drug-likeness (QED) is 0.222. The summed E-state index contributed by atoms with van der Waals surface area (Å²) in [7, 11) is 0. The fourth-order valence-electron chi connectivity index (χ4n) is 4.87. The number of benzene rings is 3. The maximum absolute atomic E-state index is 13.3. The predicted octanol–water partition coefficient (Wildman–Crippen LogP) is 5.80. The highest BCUT2D eigenvalue weighted by atomic mass is 16.6. The van der Waals surface area contributed by atoms with Crippen LogP contribution < -0.4 is 0 Å². The molecule has 3 aromatic carbocycles. The second-order valence-corrected chi connectivity index (χ2v) is 9.47. The van der Waals surface area contributed by atoms with Gasteiger partial charge in [-0.3, -0.25) is 19.3 Å². The van der Waals surface area contributed by atoms with Crippen LogP contribution in [0.25, 0.3) is 22.1 Å². The van der Waals surface area contributed by atoms with E-state index < -0.39 is 23.6 Å². The van der Waals surface area contributed by atoms with E-state index in [0.717, 1.165) is 16.5 Å². The third-order valence-corrected chi connectivity index (χ3v) is 6.89. The molecule has 198 valence electrons.